The molecule has 6 heteroatoms. The molecule has 16 heavy (non-hydrogen) atoms. The lowest BCUT2D eigenvalue weighted by molar-refractivity contribution is -0.131. The van der Waals surface area contributed by atoms with Crippen LogP contribution in [0.1, 0.15) is 19.8 Å². The van der Waals surface area contributed by atoms with E-state index in [1.807, 2.05) is 0 Å². The van der Waals surface area contributed by atoms with E-state index in [2.05, 4.69) is 10.6 Å². The number of amides is 2. The summed E-state index contributed by atoms with van der Waals surface area (Å²) in [6.07, 6.45) is 2.07. The smallest absolute Gasteiger partial charge is 0.246 e. The zero-order valence-electron chi connectivity index (χ0n) is 9.49. The lowest BCUT2D eigenvalue weighted by atomic mass is 10.3. The highest BCUT2D eigenvalue weighted by Crippen LogP contribution is 2.18. The number of hydrogen-bond acceptors (Lipinski definition) is 4. The molecule has 1 aliphatic rings. The van der Waals surface area contributed by atoms with Crippen LogP contribution in [0.15, 0.2) is 0 Å². The largest absolute Gasteiger partial charge is 0.370 e. The van der Waals surface area contributed by atoms with Crippen LogP contribution in [-0.2, 0) is 14.3 Å². The molecular weight excluding hydrogens is 210 g/mol. The fraction of sp³-hybridized carbons (Fsp3) is 0.800. The van der Waals surface area contributed by atoms with E-state index in [0.29, 0.717) is 19.2 Å². The van der Waals surface area contributed by atoms with Crippen molar-refractivity contribution in [2.45, 2.75) is 31.8 Å². The first kappa shape index (κ1) is 12.9. The second-order valence-electron chi connectivity index (χ2n) is 3.91. The van der Waals surface area contributed by atoms with Gasteiger partial charge in [-0.25, -0.2) is 0 Å². The van der Waals surface area contributed by atoms with Crippen LogP contribution < -0.4 is 16.4 Å². The molecule has 0 aromatic carbocycles. The monoisotopic (exact) mass is 229 g/mol. The van der Waals surface area contributed by atoms with Gasteiger partial charge in [0, 0.05) is 12.6 Å². The third-order valence-corrected chi connectivity index (χ3v) is 2.19. The van der Waals surface area contributed by atoms with Crippen molar-refractivity contribution < 1.29 is 14.3 Å². The fourth-order valence-electron chi connectivity index (χ4n) is 1.15. The molecule has 1 saturated carbocycles. The fourth-order valence-corrected chi connectivity index (χ4v) is 1.15. The van der Waals surface area contributed by atoms with Gasteiger partial charge < -0.3 is 21.1 Å². The molecule has 1 fully saturated rings. The van der Waals surface area contributed by atoms with E-state index in [4.69, 9.17) is 10.5 Å². The van der Waals surface area contributed by atoms with E-state index in [1.165, 1.54) is 0 Å². The molecule has 1 rings (SSSR count). The van der Waals surface area contributed by atoms with Crippen molar-refractivity contribution >= 4 is 11.8 Å². The predicted molar refractivity (Wildman–Crippen MR) is 58.6 cm³/mol. The number of nitrogens with two attached hydrogens (primary N) is 1. The Balaban J connectivity index is 2.13. The van der Waals surface area contributed by atoms with Gasteiger partial charge in [0.2, 0.25) is 11.8 Å². The maximum Gasteiger partial charge on any atom is 0.246 e. The summed E-state index contributed by atoms with van der Waals surface area (Å²) in [5, 5.41) is 5.37. The van der Waals surface area contributed by atoms with Gasteiger partial charge in [0.15, 0.2) is 0 Å². The molecule has 0 radical (unpaired) electrons. The highest BCUT2D eigenvalue weighted by molar-refractivity contribution is 5.87. The van der Waals surface area contributed by atoms with E-state index in [9.17, 15) is 9.59 Å². The Kier molecular flexibility index (Phi) is 5.21. The zero-order chi connectivity index (χ0) is 12.0. The summed E-state index contributed by atoms with van der Waals surface area (Å²) in [4.78, 5) is 22.7. The Morgan fingerprint density at radius 3 is 2.75 bits per heavy atom. The molecule has 0 aliphatic heterocycles. The Hall–Kier alpha value is -1.14. The molecule has 0 bridgehead atoms. The van der Waals surface area contributed by atoms with E-state index in [0.717, 1.165) is 12.8 Å². The van der Waals surface area contributed by atoms with Gasteiger partial charge in [0.1, 0.15) is 12.6 Å². The normalized spacial score (nSPS) is 16.6. The first-order valence-electron chi connectivity index (χ1n) is 5.51. The molecule has 0 spiro atoms. The second-order valence-corrected chi connectivity index (χ2v) is 3.91. The number of ether oxygens (including phenoxy) is 1. The first-order chi connectivity index (χ1) is 7.63. The Morgan fingerprint density at radius 1 is 1.50 bits per heavy atom. The number of hydrogen-bond donors (Lipinski definition) is 3. The molecule has 4 N–H and O–H groups in total. The van der Waals surface area contributed by atoms with Crippen molar-refractivity contribution in [3.05, 3.63) is 0 Å². The minimum absolute atomic E-state index is 0.0573. The summed E-state index contributed by atoms with van der Waals surface area (Å²) in [6, 6.07) is -0.213. The summed E-state index contributed by atoms with van der Waals surface area (Å²) in [6.45, 7) is 2.32. The van der Waals surface area contributed by atoms with Crippen molar-refractivity contribution in [2.75, 3.05) is 19.8 Å². The average molecular weight is 229 g/mol. The van der Waals surface area contributed by atoms with Crippen LogP contribution in [-0.4, -0.2) is 43.7 Å². The third-order valence-electron chi connectivity index (χ3n) is 2.19. The standard InChI is InChI=1S/C10H19N3O3/c1-7(10(15)13-8-2-3-8)12-9(14)6-16-5-4-11/h7-8H,2-6,11H2,1H3,(H,12,14)(H,13,15). The molecule has 1 unspecified atom stereocenters. The molecule has 0 aromatic rings. The maximum absolute atomic E-state index is 11.5. The SMILES string of the molecule is CC(NC(=O)COCCN)C(=O)NC1CC1. The van der Waals surface area contributed by atoms with Crippen molar-refractivity contribution in [1.29, 1.82) is 0 Å². The molecule has 92 valence electrons. The van der Waals surface area contributed by atoms with Crippen molar-refractivity contribution in [2.24, 2.45) is 5.73 Å². The van der Waals surface area contributed by atoms with Gasteiger partial charge in [-0.1, -0.05) is 0 Å². The van der Waals surface area contributed by atoms with Crippen molar-refractivity contribution in [3.63, 3.8) is 0 Å². The highest BCUT2D eigenvalue weighted by Gasteiger charge is 2.26. The molecule has 0 saturated heterocycles. The van der Waals surface area contributed by atoms with Gasteiger partial charge in [-0.15, -0.1) is 0 Å². The van der Waals surface area contributed by atoms with Gasteiger partial charge in [-0.05, 0) is 19.8 Å². The van der Waals surface area contributed by atoms with Gasteiger partial charge in [0.25, 0.3) is 0 Å². The van der Waals surface area contributed by atoms with Crippen molar-refractivity contribution in [3.8, 4) is 0 Å². The summed E-state index contributed by atoms with van der Waals surface area (Å²) < 4.78 is 4.95. The molecule has 0 heterocycles. The Morgan fingerprint density at radius 2 is 2.19 bits per heavy atom. The molecule has 1 atom stereocenters. The summed E-state index contributed by atoms with van der Waals surface area (Å²) in [5.74, 6) is -0.443. The van der Waals surface area contributed by atoms with Gasteiger partial charge in [-0.2, -0.15) is 0 Å². The first-order valence-corrected chi connectivity index (χ1v) is 5.51. The number of rotatable bonds is 7. The molecule has 0 aromatic heterocycles. The number of carbonyl (C=O) groups excluding carboxylic acids is 2. The molecule has 6 nitrogen and oxygen atoms in total. The van der Waals surface area contributed by atoms with Crippen LogP contribution in [0, 0.1) is 0 Å². The molecule has 1 aliphatic carbocycles. The lowest BCUT2D eigenvalue weighted by Crippen LogP contribution is -2.46. The van der Waals surface area contributed by atoms with Gasteiger partial charge in [-0.3, -0.25) is 9.59 Å². The van der Waals surface area contributed by atoms with Crippen LogP contribution in [0.25, 0.3) is 0 Å². The highest BCUT2D eigenvalue weighted by atomic mass is 16.5. The summed E-state index contributed by atoms with van der Waals surface area (Å²) in [5.41, 5.74) is 5.21. The second kappa shape index (κ2) is 6.44. The number of carbonyl (C=O) groups is 2. The van der Waals surface area contributed by atoms with E-state index in [-0.39, 0.29) is 18.4 Å². The Bertz CT molecular complexity index is 254. The van der Waals surface area contributed by atoms with Crippen LogP contribution in [0.2, 0.25) is 0 Å². The minimum atomic E-state index is -0.519. The zero-order valence-corrected chi connectivity index (χ0v) is 9.49. The van der Waals surface area contributed by atoms with Crippen LogP contribution in [0.5, 0.6) is 0 Å². The molecular formula is C10H19N3O3. The maximum atomic E-state index is 11.5. The predicted octanol–water partition coefficient (Wildman–Crippen LogP) is -1.25. The third kappa shape index (κ3) is 5.09. The quantitative estimate of drug-likeness (QED) is 0.475. The van der Waals surface area contributed by atoms with Gasteiger partial charge >= 0.3 is 0 Å². The van der Waals surface area contributed by atoms with Crippen LogP contribution in [0.3, 0.4) is 0 Å². The van der Waals surface area contributed by atoms with E-state index < -0.39 is 6.04 Å². The van der Waals surface area contributed by atoms with Gasteiger partial charge in [0.05, 0.1) is 6.61 Å². The average Bonchev–Trinajstić information content (AvgIpc) is 3.02. The minimum Gasteiger partial charge on any atom is -0.370 e. The van der Waals surface area contributed by atoms with E-state index >= 15 is 0 Å². The Labute approximate surface area is 94.9 Å². The van der Waals surface area contributed by atoms with Crippen LogP contribution in [0.4, 0.5) is 0 Å². The molecule has 2 amide bonds. The summed E-state index contributed by atoms with van der Waals surface area (Å²) in [7, 11) is 0. The van der Waals surface area contributed by atoms with Crippen LogP contribution >= 0.6 is 0 Å². The van der Waals surface area contributed by atoms with E-state index in [1.54, 1.807) is 6.92 Å². The lowest BCUT2D eigenvalue weighted by Gasteiger charge is -2.13. The van der Waals surface area contributed by atoms with Crippen molar-refractivity contribution in [1.82, 2.24) is 10.6 Å². The number of nitrogens with one attached hydrogen (secondary N) is 2. The topological polar surface area (TPSA) is 93.4 Å². The summed E-state index contributed by atoms with van der Waals surface area (Å²) >= 11 is 0.